The third-order valence-corrected chi connectivity index (χ3v) is 5.77. The summed E-state index contributed by atoms with van der Waals surface area (Å²) < 4.78 is 25.1. The predicted molar refractivity (Wildman–Crippen MR) is 111 cm³/mol. The average Bonchev–Trinajstić information content (AvgIpc) is 3.14. The molecule has 2 aromatic carbocycles. The van der Waals surface area contributed by atoms with Gasteiger partial charge in [-0.2, -0.15) is 0 Å². The highest BCUT2D eigenvalue weighted by Crippen LogP contribution is 2.41. The van der Waals surface area contributed by atoms with E-state index in [1.165, 1.54) is 0 Å². The van der Waals surface area contributed by atoms with E-state index >= 15 is 0 Å². The molecule has 0 saturated carbocycles. The molecule has 0 amide bonds. The van der Waals surface area contributed by atoms with E-state index in [9.17, 15) is 9.50 Å². The molecular formula is C22H23BrFNO3. The van der Waals surface area contributed by atoms with Gasteiger partial charge in [0.1, 0.15) is 30.0 Å². The number of aromatic hydroxyl groups is 1. The Morgan fingerprint density at radius 1 is 1.21 bits per heavy atom. The first-order valence-electron chi connectivity index (χ1n) is 9.54. The number of likely N-dealkylation sites (tertiary alicyclic amines) is 1. The fourth-order valence-electron chi connectivity index (χ4n) is 3.78. The van der Waals surface area contributed by atoms with Gasteiger partial charge in [-0.3, -0.25) is 9.29 Å². The molecule has 1 saturated heterocycles. The van der Waals surface area contributed by atoms with E-state index in [4.69, 9.17) is 9.47 Å². The molecule has 0 spiro atoms. The maximum Gasteiger partial charge on any atom is 0.131 e. The van der Waals surface area contributed by atoms with E-state index in [-0.39, 0.29) is 18.5 Å². The highest BCUT2D eigenvalue weighted by atomic mass is 79.9. The number of benzene rings is 2. The second-order valence-corrected chi connectivity index (χ2v) is 8.10. The van der Waals surface area contributed by atoms with Crippen LogP contribution in [-0.4, -0.2) is 49.0 Å². The minimum absolute atomic E-state index is 0.156. The Kier molecular flexibility index (Phi) is 5.87. The zero-order valence-corrected chi connectivity index (χ0v) is 17.1. The fraction of sp³-hybridized carbons (Fsp3) is 0.364. The van der Waals surface area contributed by atoms with E-state index in [0.29, 0.717) is 18.8 Å². The maximum atomic E-state index is 12.3. The van der Waals surface area contributed by atoms with Crippen molar-refractivity contribution >= 4 is 21.5 Å². The van der Waals surface area contributed by atoms with Gasteiger partial charge in [-0.15, -0.1) is 0 Å². The molecule has 4 rings (SSSR count). The van der Waals surface area contributed by atoms with Crippen LogP contribution in [0.4, 0.5) is 4.39 Å². The van der Waals surface area contributed by atoms with Crippen molar-refractivity contribution in [3.63, 3.8) is 0 Å². The van der Waals surface area contributed by atoms with Gasteiger partial charge in [0.15, 0.2) is 0 Å². The molecule has 2 aromatic rings. The highest BCUT2D eigenvalue weighted by molar-refractivity contribution is 9.11. The van der Waals surface area contributed by atoms with Gasteiger partial charge in [0.2, 0.25) is 0 Å². The van der Waals surface area contributed by atoms with Crippen LogP contribution in [0.5, 0.6) is 17.2 Å². The van der Waals surface area contributed by atoms with Crippen LogP contribution in [-0.2, 0) is 0 Å². The molecule has 4 nitrogen and oxygen atoms in total. The molecular weight excluding hydrogens is 425 g/mol. The highest BCUT2D eigenvalue weighted by Gasteiger charge is 2.24. The van der Waals surface area contributed by atoms with Crippen molar-refractivity contribution in [2.24, 2.45) is 0 Å². The van der Waals surface area contributed by atoms with Crippen LogP contribution in [0.1, 0.15) is 24.0 Å². The summed E-state index contributed by atoms with van der Waals surface area (Å²) in [5, 5.41) is 9.70. The van der Waals surface area contributed by atoms with Gasteiger partial charge in [0, 0.05) is 41.3 Å². The van der Waals surface area contributed by atoms with Crippen LogP contribution in [0.25, 0.3) is 5.57 Å². The minimum Gasteiger partial charge on any atom is -0.508 e. The zero-order chi connectivity index (χ0) is 19.5. The van der Waals surface area contributed by atoms with Crippen molar-refractivity contribution in [2.45, 2.75) is 18.9 Å². The number of halogens is 2. The van der Waals surface area contributed by atoms with E-state index < -0.39 is 0 Å². The molecule has 6 heteroatoms. The second kappa shape index (κ2) is 8.53. The smallest absolute Gasteiger partial charge is 0.131 e. The van der Waals surface area contributed by atoms with Crippen molar-refractivity contribution in [2.75, 3.05) is 32.9 Å². The summed E-state index contributed by atoms with van der Waals surface area (Å²) >= 11 is 3.63. The zero-order valence-electron chi connectivity index (χ0n) is 15.5. The Balaban J connectivity index is 1.47. The molecule has 0 bridgehead atoms. The number of alkyl halides is 1. The van der Waals surface area contributed by atoms with Crippen molar-refractivity contribution in [1.82, 2.24) is 4.90 Å². The summed E-state index contributed by atoms with van der Waals surface area (Å²) in [6.45, 7) is 2.79. The molecule has 2 aliphatic heterocycles. The summed E-state index contributed by atoms with van der Waals surface area (Å²) in [7, 11) is 0. The van der Waals surface area contributed by atoms with Gasteiger partial charge in [-0.1, -0.05) is 28.1 Å². The average molecular weight is 448 g/mol. The molecule has 1 N–H and O–H groups in total. The quantitative estimate of drug-likeness (QED) is 0.693. The Labute approximate surface area is 172 Å². The van der Waals surface area contributed by atoms with Crippen molar-refractivity contribution in [1.29, 1.82) is 0 Å². The molecule has 1 fully saturated rings. The minimum atomic E-state index is -0.261. The van der Waals surface area contributed by atoms with Crippen LogP contribution in [0.3, 0.4) is 0 Å². The second-order valence-electron chi connectivity index (χ2n) is 7.15. The number of fused-ring (bicyclic) bond motifs is 1. The lowest BCUT2D eigenvalue weighted by atomic mass is 9.95. The van der Waals surface area contributed by atoms with Crippen molar-refractivity contribution in [3.8, 4) is 17.2 Å². The van der Waals surface area contributed by atoms with Gasteiger partial charge >= 0.3 is 0 Å². The number of nitrogens with zero attached hydrogens (tertiary/aromatic N) is 1. The van der Waals surface area contributed by atoms with E-state index in [1.54, 1.807) is 12.1 Å². The van der Waals surface area contributed by atoms with Crippen LogP contribution in [0, 0.1) is 0 Å². The van der Waals surface area contributed by atoms with Crippen LogP contribution in [0.15, 0.2) is 46.9 Å². The molecule has 0 aromatic heterocycles. The Morgan fingerprint density at radius 3 is 2.82 bits per heavy atom. The van der Waals surface area contributed by atoms with E-state index in [2.05, 4.69) is 20.8 Å². The van der Waals surface area contributed by atoms with Crippen LogP contribution in [0.2, 0.25) is 0 Å². The van der Waals surface area contributed by atoms with Crippen LogP contribution >= 0.6 is 15.9 Å². The molecule has 0 radical (unpaired) electrons. The Hall–Kier alpha value is -2.05. The molecule has 0 aliphatic carbocycles. The van der Waals surface area contributed by atoms with Crippen molar-refractivity contribution < 1.29 is 19.0 Å². The number of rotatable bonds is 6. The third kappa shape index (κ3) is 4.18. The van der Waals surface area contributed by atoms with E-state index in [1.807, 2.05) is 30.3 Å². The molecule has 148 valence electrons. The lowest BCUT2D eigenvalue weighted by Gasteiger charge is -2.22. The molecule has 2 aliphatic rings. The van der Waals surface area contributed by atoms with E-state index in [0.717, 1.165) is 53.0 Å². The summed E-state index contributed by atoms with van der Waals surface area (Å²) in [4.78, 5) is 2.26. The largest absolute Gasteiger partial charge is 0.508 e. The van der Waals surface area contributed by atoms with Gasteiger partial charge in [-0.05, 0) is 42.7 Å². The Morgan fingerprint density at radius 2 is 2.04 bits per heavy atom. The molecule has 1 atom stereocenters. The standard InChI is InChI=1S/C22H23BrFNO3/c23-20-14-27-21-12-16(26)4-7-19(21)22(20)15-2-5-17(6-3-15)28-18-8-11-25(13-18)10-1-9-24/h2-7,12,18,26H,1,8-11,13-14H2. The van der Waals surface area contributed by atoms with Crippen molar-refractivity contribution in [3.05, 3.63) is 58.1 Å². The SMILES string of the molecule is Oc1ccc2c(c1)OCC(Br)=C2c1ccc(OC2CCN(CCCF)C2)cc1. The number of hydrogen-bond donors (Lipinski definition) is 1. The first-order valence-corrected chi connectivity index (χ1v) is 10.3. The topological polar surface area (TPSA) is 41.9 Å². The number of phenols is 1. The lowest BCUT2D eigenvalue weighted by molar-refractivity contribution is 0.198. The summed E-state index contributed by atoms with van der Waals surface area (Å²) in [6.07, 6.45) is 1.72. The molecule has 1 unspecified atom stereocenters. The third-order valence-electron chi connectivity index (χ3n) is 5.14. The first kappa shape index (κ1) is 19.3. The molecule has 28 heavy (non-hydrogen) atoms. The monoisotopic (exact) mass is 447 g/mol. The molecule has 2 heterocycles. The number of phenolic OH excluding ortho intramolecular Hbond substituents is 1. The predicted octanol–water partition coefficient (Wildman–Crippen LogP) is 4.75. The number of hydrogen-bond acceptors (Lipinski definition) is 4. The van der Waals surface area contributed by atoms with Gasteiger partial charge < -0.3 is 14.6 Å². The maximum absolute atomic E-state index is 12.3. The van der Waals surface area contributed by atoms with Gasteiger partial charge in [0.25, 0.3) is 0 Å². The number of ether oxygens (including phenoxy) is 2. The van der Waals surface area contributed by atoms with Gasteiger partial charge in [-0.25, -0.2) is 0 Å². The Bertz CT molecular complexity index is 869. The normalized spacial score (nSPS) is 19.4. The summed E-state index contributed by atoms with van der Waals surface area (Å²) in [5.41, 5.74) is 3.07. The van der Waals surface area contributed by atoms with Crippen LogP contribution < -0.4 is 9.47 Å². The van der Waals surface area contributed by atoms with Gasteiger partial charge in [0.05, 0.1) is 6.67 Å². The fourth-order valence-corrected chi connectivity index (χ4v) is 4.34. The summed E-state index contributed by atoms with van der Waals surface area (Å²) in [6, 6.07) is 13.2. The summed E-state index contributed by atoms with van der Waals surface area (Å²) in [5.74, 6) is 1.71. The lowest BCUT2D eigenvalue weighted by Crippen LogP contribution is -2.26. The first-order chi connectivity index (χ1) is 13.6.